The molecule has 0 bridgehead atoms. The molecular formula is C19H33N3O4. The summed E-state index contributed by atoms with van der Waals surface area (Å²) in [4.78, 5) is 41.9. The molecule has 0 aromatic heterocycles. The minimum atomic E-state index is -0.760. The van der Waals surface area contributed by atoms with Gasteiger partial charge in [-0.25, -0.2) is 9.79 Å². The van der Waals surface area contributed by atoms with Gasteiger partial charge in [0.2, 0.25) is 5.91 Å². The molecule has 1 rings (SSSR count). The van der Waals surface area contributed by atoms with Crippen molar-refractivity contribution in [2.45, 2.75) is 71.9 Å². The van der Waals surface area contributed by atoms with Gasteiger partial charge in [-0.05, 0) is 52.2 Å². The van der Waals surface area contributed by atoms with E-state index in [1.54, 1.807) is 20.8 Å². The molecule has 0 saturated heterocycles. The average Bonchev–Trinajstić information content (AvgIpc) is 3.02. The van der Waals surface area contributed by atoms with Crippen molar-refractivity contribution < 1.29 is 19.1 Å². The zero-order valence-corrected chi connectivity index (χ0v) is 16.7. The van der Waals surface area contributed by atoms with Crippen molar-refractivity contribution >= 4 is 24.6 Å². The van der Waals surface area contributed by atoms with Crippen molar-refractivity contribution in [2.75, 3.05) is 13.1 Å². The Morgan fingerprint density at radius 1 is 1.23 bits per heavy atom. The number of alkyl carbamates (subject to hydrolysis) is 1. The van der Waals surface area contributed by atoms with Gasteiger partial charge in [0.15, 0.2) is 0 Å². The molecule has 0 aliphatic heterocycles. The third-order valence-corrected chi connectivity index (χ3v) is 4.37. The molecule has 1 saturated carbocycles. The highest BCUT2D eigenvalue weighted by atomic mass is 16.6. The highest BCUT2D eigenvalue weighted by Crippen LogP contribution is 2.26. The summed E-state index contributed by atoms with van der Waals surface area (Å²) >= 11 is 0. The van der Waals surface area contributed by atoms with Crippen LogP contribution in [0.15, 0.2) is 4.99 Å². The average molecular weight is 367 g/mol. The molecule has 1 N–H and O–H groups in total. The van der Waals surface area contributed by atoms with Crippen LogP contribution in [-0.4, -0.2) is 54.3 Å². The molecule has 0 spiro atoms. The first-order valence-corrected chi connectivity index (χ1v) is 9.31. The molecule has 1 aliphatic rings. The van der Waals surface area contributed by atoms with Gasteiger partial charge in [0.1, 0.15) is 18.2 Å². The van der Waals surface area contributed by atoms with E-state index in [0.29, 0.717) is 12.5 Å². The number of nitrogens with zero attached hydrogens (tertiary/aromatic N) is 2. The largest absolute Gasteiger partial charge is 0.444 e. The number of amides is 3. The number of nitrogens with one attached hydrogen (secondary N) is 1. The van der Waals surface area contributed by atoms with Crippen molar-refractivity contribution in [3.8, 4) is 0 Å². The van der Waals surface area contributed by atoms with Crippen LogP contribution >= 0.6 is 0 Å². The summed E-state index contributed by atoms with van der Waals surface area (Å²) < 4.78 is 5.27. The molecule has 0 aromatic carbocycles. The molecule has 1 aliphatic carbocycles. The minimum absolute atomic E-state index is 0.113. The Bertz CT molecular complexity index is 519. The predicted octanol–water partition coefficient (Wildman–Crippen LogP) is 2.78. The number of ether oxygens (including phenoxy) is 1. The first-order chi connectivity index (χ1) is 12.0. The Balaban J connectivity index is 2.88. The van der Waals surface area contributed by atoms with E-state index in [0.717, 1.165) is 25.7 Å². The van der Waals surface area contributed by atoms with Crippen LogP contribution in [0.2, 0.25) is 0 Å². The van der Waals surface area contributed by atoms with Crippen molar-refractivity contribution in [3.63, 3.8) is 0 Å². The molecule has 7 heteroatoms. The van der Waals surface area contributed by atoms with Crippen LogP contribution in [0, 0.1) is 11.8 Å². The summed E-state index contributed by atoms with van der Waals surface area (Å²) in [5.41, 5.74) is -0.652. The Labute approximate surface area is 156 Å². The number of hydrogen-bond donors (Lipinski definition) is 1. The van der Waals surface area contributed by atoms with Crippen LogP contribution in [0.25, 0.3) is 0 Å². The lowest BCUT2D eigenvalue weighted by atomic mass is 10.0. The third kappa shape index (κ3) is 7.54. The van der Waals surface area contributed by atoms with Gasteiger partial charge < -0.3 is 15.0 Å². The van der Waals surface area contributed by atoms with Crippen LogP contribution in [-0.2, 0) is 14.3 Å². The zero-order valence-electron chi connectivity index (χ0n) is 16.7. The fraction of sp³-hybridized carbons (Fsp3) is 0.789. The molecule has 0 heterocycles. The Morgan fingerprint density at radius 2 is 1.81 bits per heavy atom. The standard InChI is InChI=1S/C19H33N3O4/c1-13(2)16(21-18(25)26-19(3,4)5)17(24)22(12-15(23)20-6)11-14-9-7-8-10-14/h13-14,16H,6-12H2,1-5H3,(H,21,25)/t16-/m0/s1. The van der Waals surface area contributed by atoms with Crippen LogP contribution in [0.5, 0.6) is 0 Å². The number of rotatable bonds is 7. The van der Waals surface area contributed by atoms with Crippen molar-refractivity contribution in [3.05, 3.63) is 0 Å². The van der Waals surface area contributed by atoms with E-state index < -0.39 is 23.6 Å². The van der Waals surface area contributed by atoms with Gasteiger partial charge in [0.25, 0.3) is 5.91 Å². The number of carbonyl (C=O) groups is 3. The molecule has 7 nitrogen and oxygen atoms in total. The Kier molecular flexibility index (Phi) is 8.24. The lowest BCUT2D eigenvalue weighted by Crippen LogP contribution is -2.53. The number of hydrogen-bond acceptors (Lipinski definition) is 4. The molecule has 0 unspecified atom stereocenters. The smallest absolute Gasteiger partial charge is 0.408 e. The maximum absolute atomic E-state index is 13.1. The monoisotopic (exact) mass is 367 g/mol. The third-order valence-electron chi connectivity index (χ3n) is 4.37. The van der Waals surface area contributed by atoms with E-state index >= 15 is 0 Å². The summed E-state index contributed by atoms with van der Waals surface area (Å²) in [5.74, 6) is -0.496. The van der Waals surface area contributed by atoms with E-state index in [4.69, 9.17) is 4.74 Å². The van der Waals surface area contributed by atoms with Gasteiger partial charge >= 0.3 is 6.09 Å². The summed E-state index contributed by atoms with van der Waals surface area (Å²) in [6.07, 6.45) is 3.74. The normalized spacial score (nSPS) is 16.2. The van der Waals surface area contributed by atoms with Crippen LogP contribution in [0.1, 0.15) is 60.3 Å². The summed E-state index contributed by atoms with van der Waals surface area (Å²) in [5, 5.41) is 2.66. The molecule has 1 fully saturated rings. The van der Waals surface area contributed by atoms with E-state index in [1.807, 2.05) is 13.8 Å². The minimum Gasteiger partial charge on any atom is -0.444 e. The molecule has 26 heavy (non-hydrogen) atoms. The second-order valence-corrected chi connectivity index (χ2v) is 8.29. The molecule has 3 amide bonds. The van der Waals surface area contributed by atoms with E-state index in [-0.39, 0.29) is 18.4 Å². The summed E-state index contributed by atoms with van der Waals surface area (Å²) in [6, 6.07) is -0.760. The number of carbonyl (C=O) groups excluding carboxylic acids is 3. The number of aliphatic imine (C=N–C) groups is 1. The molecule has 148 valence electrons. The van der Waals surface area contributed by atoms with Crippen LogP contribution in [0.3, 0.4) is 0 Å². The van der Waals surface area contributed by atoms with Crippen molar-refractivity contribution in [1.29, 1.82) is 0 Å². The Morgan fingerprint density at radius 3 is 2.27 bits per heavy atom. The van der Waals surface area contributed by atoms with Gasteiger partial charge in [-0.1, -0.05) is 26.7 Å². The zero-order chi connectivity index (χ0) is 19.9. The lowest BCUT2D eigenvalue weighted by molar-refractivity contribution is -0.138. The van der Waals surface area contributed by atoms with Crippen LogP contribution in [0.4, 0.5) is 4.79 Å². The maximum atomic E-state index is 13.1. The van der Waals surface area contributed by atoms with E-state index in [2.05, 4.69) is 17.0 Å². The fourth-order valence-corrected chi connectivity index (χ4v) is 3.10. The van der Waals surface area contributed by atoms with Gasteiger partial charge in [0, 0.05) is 6.54 Å². The van der Waals surface area contributed by atoms with Crippen molar-refractivity contribution in [1.82, 2.24) is 10.2 Å². The molecular weight excluding hydrogens is 334 g/mol. The maximum Gasteiger partial charge on any atom is 0.408 e. The lowest BCUT2D eigenvalue weighted by Gasteiger charge is -2.31. The van der Waals surface area contributed by atoms with Crippen LogP contribution < -0.4 is 5.32 Å². The SMILES string of the molecule is C=NC(=O)CN(CC1CCCC1)C(=O)[C@@H](NC(=O)OC(C)(C)C)C(C)C. The topological polar surface area (TPSA) is 88.1 Å². The van der Waals surface area contributed by atoms with E-state index in [1.165, 1.54) is 4.90 Å². The van der Waals surface area contributed by atoms with Crippen molar-refractivity contribution in [2.24, 2.45) is 16.8 Å². The fourth-order valence-electron chi connectivity index (χ4n) is 3.10. The first kappa shape index (κ1) is 22.1. The highest BCUT2D eigenvalue weighted by molar-refractivity contribution is 5.90. The van der Waals surface area contributed by atoms with Gasteiger partial charge in [-0.3, -0.25) is 9.59 Å². The second-order valence-electron chi connectivity index (χ2n) is 8.29. The first-order valence-electron chi connectivity index (χ1n) is 9.31. The quantitative estimate of drug-likeness (QED) is 0.701. The molecule has 1 atom stereocenters. The van der Waals surface area contributed by atoms with E-state index in [9.17, 15) is 14.4 Å². The predicted molar refractivity (Wildman–Crippen MR) is 101 cm³/mol. The van der Waals surface area contributed by atoms with Gasteiger partial charge in [-0.2, -0.15) is 0 Å². The second kappa shape index (κ2) is 9.69. The highest BCUT2D eigenvalue weighted by Gasteiger charge is 2.32. The van der Waals surface area contributed by atoms with Gasteiger partial charge in [-0.15, -0.1) is 0 Å². The summed E-state index contributed by atoms with van der Waals surface area (Å²) in [7, 11) is 0. The molecule has 0 radical (unpaired) electrons. The Hall–Kier alpha value is -1.92. The summed E-state index contributed by atoms with van der Waals surface area (Å²) in [6.45, 7) is 12.6. The van der Waals surface area contributed by atoms with Gasteiger partial charge in [0.05, 0.1) is 0 Å². The molecule has 0 aromatic rings.